The standard InChI is InChI=1S/C14H19N3O4/c1-9(13(20)17(2)3)15-14(21)16-11-6-4-5-10(7-11)8-12(18)19/h4-7,9H,8H2,1-3H3,(H,18,19)(H2,15,16,21). The Kier molecular flexibility index (Phi) is 5.71. The van der Waals surface area contributed by atoms with Gasteiger partial charge in [-0.05, 0) is 24.6 Å². The zero-order chi connectivity index (χ0) is 16.0. The van der Waals surface area contributed by atoms with Gasteiger partial charge in [0, 0.05) is 19.8 Å². The number of hydrogen-bond donors (Lipinski definition) is 3. The molecule has 1 rings (SSSR count). The molecule has 0 radical (unpaired) electrons. The molecule has 0 aliphatic rings. The van der Waals surface area contributed by atoms with E-state index in [2.05, 4.69) is 10.6 Å². The molecule has 0 saturated carbocycles. The molecule has 0 aromatic heterocycles. The predicted molar refractivity (Wildman–Crippen MR) is 78.1 cm³/mol. The first-order valence-electron chi connectivity index (χ1n) is 6.39. The fraction of sp³-hybridized carbons (Fsp3) is 0.357. The first-order valence-corrected chi connectivity index (χ1v) is 6.39. The van der Waals surface area contributed by atoms with Crippen molar-refractivity contribution in [2.24, 2.45) is 0 Å². The molecule has 0 aliphatic heterocycles. The quantitative estimate of drug-likeness (QED) is 0.751. The minimum atomic E-state index is -0.943. The van der Waals surface area contributed by atoms with Crippen LogP contribution in [0.25, 0.3) is 0 Å². The van der Waals surface area contributed by atoms with Gasteiger partial charge in [0.05, 0.1) is 6.42 Å². The number of aliphatic carboxylic acids is 1. The van der Waals surface area contributed by atoms with E-state index >= 15 is 0 Å². The van der Waals surface area contributed by atoms with E-state index in [1.165, 1.54) is 4.90 Å². The van der Waals surface area contributed by atoms with Gasteiger partial charge in [-0.2, -0.15) is 0 Å². The Morgan fingerprint density at radius 3 is 2.52 bits per heavy atom. The van der Waals surface area contributed by atoms with E-state index in [0.717, 1.165) is 0 Å². The number of hydrogen-bond acceptors (Lipinski definition) is 3. The third-order valence-electron chi connectivity index (χ3n) is 2.70. The lowest BCUT2D eigenvalue weighted by molar-refractivity contribution is -0.136. The van der Waals surface area contributed by atoms with Crippen molar-refractivity contribution in [1.82, 2.24) is 10.2 Å². The summed E-state index contributed by atoms with van der Waals surface area (Å²) in [6, 6.07) is 5.36. The second-order valence-electron chi connectivity index (χ2n) is 4.82. The molecule has 0 fully saturated rings. The van der Waals surface area contributed by atoms with Crippen LogP contribution in [0, 0.1) is 0 Å². The number of nitrogens with zero attached hydrogens (tertiary/aromatic N) is 1. The smallest absolute Gasteiger partial charge is 0.319 e. The minimum Gasteiger partial charge on any atom is -0.481 e. The van der Waals surface area contributed by atoms with Gasteiger partial charge in [0.25, 0.3) is 0 Å². The molecule has 1 unspecified atom stereocenters. The minimum absolute atomic E-state index is 0.118. The Hall–Kier alpha value is -2.57. The van der Waals surface area contributed by atoms with Gasteiger partial charge < -0.3 is 20.6 Å². The summed E-state index contributed by atoms with van der Waals surface area (Å²) in [6.45, 7) is 1.59. The molecular weight excluding hydrogens is 274 g/mol. The highest BCUT2D eigenvalue weighted by atomic mass is 16.4. The van der Waals surface area contributed by atoms with E-state index in [-0.39, 0.29) is 12.3 Å². The molecule has 3 N–H and O–H groups in total. The Bertz CT molecular complexity index is 543. The number of carbonyl (C=O) groups is 3. The molecule has 7 nitrogen and oxygen atoms in total. The van der Waals surface area contributed by atoms with Crippen molar-refractivity contribution >= 4 is 23.6 Å². The van der Waals surface area contributed by atoms with E-state index in [1.807, 2.05) is 0 Å². The summed E-state index contributed by atoms with van der Waals surface area (Å²) in [5.74, 6) is -1.16. The number of nitrogens with one attached hydrogen (secondary N) is 2. The zero-order valence-electron chi connectivity index (χ0n) is 12.2. The average molecular weight is 293 g/mol. The lowest BCUT2D eigenvalue weighted by Crippen LogP contribution is -2.45. The molecule has 0 heterocycles. The highest BCUT2D eigenvalue weighted by Crippen LogP contribution is 2.11. The zero-order valence-corrected chi connectivity index (χ0v) is 12.2. The van der Waals surface area contributed by atoms with Crippen LogP contribution in [-0.2, 0) is 16.0 Å². The van der Waals surface area contributed by atoms with E-state index in [4.69, 9.17) is 5.11 Å². The number of carboxylic acids is 1. The van der Waals surface area contributed by atoms with Crippen molar-refractivity contribution in [2.45, 2.75) is 19.4 Å². The van der Waals surface area contributed by atoms with Gasteiger partial charge >= 0.3 is 12.0 Å². The van der Waals surface area contributed by atoms with E-state index in [9.17, 15) is 14.4 Å². The summed E-state index contributed by atoms with van der Waals surface area (Å²) in [4.78, 5) is 35.4. The molecule has 1 aromatic rings. The van der Waals surface area contributed by atoms with Crippen molar-refractivity contribution in [2.75, 3.05) is 19.4 Å². The molecule has 1 aromatic carbocycles. The van der Waals surface area contributed by atoms with Crippen molar-refractivity contribution in [3.63, 3.8) is 0 Å². The molecule has 21 heavy (non-hydrogen) atoms. The number of anilines is 1. The SMILES string of the molecule is CC(NC(=O)Nc1cccc(CC(=O)O)c1)C(=O)N(C)C. The van der Waals surface area contributed by atoms with Gasteiger partial charge in [-0.15, -0.1) is 0 Å². The number of carboxylic acid groups (broad SMARTS) is 1. The third-order valence-corrected chi connectivity index (χ3v) is 2.70. The van der Waals surface area contributed by atoms with Crippen LogP contribution in [0.15, 0.2) is 24.3 Å². The molecule has 0 bridgehead atoms. The van der Waals surface area contributed by atoms with Crippen LogP contribution in [0.1, 0.15) is 12.5 Å². The molecule has 0 aliphatic carbocycles. The summed E-state index contributed by atoms with van der Waals surface area (Å²) in [6.07, 6.45) is -0.118. The van der Waals surface area contributed by atoms with Crippen LogP contribution >= 0.6 is 0 Å². The highest BCUT2D eigenvalue weighted by molar-refractivity contribution is 5.93. The molecule has 0 spiro atoms. The summed E-state index contributed by atoms with van der Waals surface area (Å²) in [5.41, 5.74) is 1.05. The van der Waals surface area contributed by atoms with Crippen molar-refractivity contribution < 1.29 is 19.5 Å². The lowest BCUT2D eigenvalue weighted by atomic mass is 10.1. The fourth-order valence-electron chi connectivity index (χ4n) is 1.75. The topological polar surface area (TPSA) is 98.7 Å². The maximum atomic E-state index is 11.8. The number of urea groups is 1. The Labute approximate surface area is 122 Å². The summed E-state index contributed by atoms with van der Waals surface area (Å²) in [5, 5.41) is 13.8. The number of carbonyl (C=O) groups excluding carboxylic acids is 2. The van der Waals surface area contributed by atoms with Crippen molar-refractivity contribution in [1.29, 1.82) is 0 Å². The summed E-state index contributed by atoms with van der Waals surface area (Å²) < 4.78 is 0. The van der Waals surface area contributed by atoms with Gasteiger partial charge in [-0.1, -0.05) is 12.1 Å². The highest BCUT2D eigenvalue weighted by Gasteiger charge is 2.17. The molecule has 7 heteroatoms. The van der Waals surface area contributed by atoms with Gasteiger partial charge in [-0.25, -0.2) is 4.79 Å². The summed E-state index contributed by atoms with van der Waals surface area (Å²) in [7, 11) is 3.21. The largest absolute Gasteiger partial charge is 0.481 e. The molecule has 1 atom stereocenters. The van der Waals surface area contributed by atoms with Crippen LogP contribution < -0.4 is 10.6 Å². The van der Waals surface area contributed by atoms with Crippen LogP contribution in [0.4, 0.5) is 10.5 Å². The first-order chi connectivity index (χ1) is 9.79. The van der Waals surface area contributed by atoms with Crippen LogP contribution in [0.5, 0.6) is 0 Å². The number of likely N-dealkylation sites (N-methyl/N-ethyl adjacent to an activating group) is 1. The molecule has 114 valence electrons. The lowest BCUT2D eigenvalue weighted by Gasteiger charge is -2.18. The number of amides is 3. The average Bonchev–Trinajstić information content (AvgIpc) is 2.36. The van der Waals surface area contributed by atoms with E-state index in [1.54, 1.807) is 45.3 Å². The van der Waals surface area contributed by atoms with Crippen LogP contribution in [0.3, 0.4) is 0 Å². The number of rotatable bonds is 5. The maximum absolute atomic E-state index is 11.8. The Morgan fingerprint density at radius 1 is 1.29 bits per heavy atom. The predicted octanol–water partition coefficient (Wildman–Crippen LogP) is 0.912. The van der Waals surface area contributed by atoms with Crippen LogP contribution in [-0.4, -0.2) is 48.1 Å². The van der Waals surface area contributed by atoms with Gasteiger partial charge in [-0.3, -0.25) is 9.59 Å². The maximum Gasteiger partial charge on any atom is 0.319 e. The Balaban J connectivity index is 2.62. The molecular formula is C14H19N3O4. The van der Waals surface area contributed by atoms with E-state index in [0.29, 0.717) is 11.3 Å². The van der Waals surface area contributed by atoms with Gasteiger partial charge in [0.15, 0.2) is 0 Å². The third kappa shape index (κ3) is 5.52. The van der Waals surface area contributed by atoms with Crippen molar-refractivity contribution in [3.8, 4) is 0 Å². The monoisotopic (exact) mass is 293 g/mol. The first kappa shape index (κ1) is 16.5. The fourth-order valence-corrected chi connectivity index (χ4v) is 1.75. The van der Waals surface area contributed by atoms with Gasteiger partial charge in [0.1, 0.15) is 6.04 Å². The van der Waals surface area contributed by atoms with Crippen LogP contribution in [0.2, 0.25) is 0 Å². The second kappa shape index (κ2) is 7.28. The van der Waals surface area contributed by atoms with Crippen molar-refractivity contribution in [3.05, 3.63) is 29.8 Å². The van der Waals surface area contributed by atoms with E-state index < -0.39 is 18.0 Å². The normalized spacial score (nSPS) is 11.4. The molecule has 3 amide bonds. The second-order valence-corrected chi connectivity index (χ2v) is 4.82. The number of benzene rings is 1. The summed E-state index contributed by atoms with van der Waals surface area (Å²) >= 11 is 0. The van der Waals surface area contributed by atoms with Gasteiger partial charge in [0.2, 0.25) is 5.91 Å². The Morgan fingerprint density at radius 2 is 1.95 bits per heavy atom. The molecule has 0 saturated heterocycles.